The second-order valence-electron chi connectivity index (χ2n) is 3.83. The molecule has 0 aromatic carbocycles. The SMILES string of the molecule is O=C1/C(=C/C=C(Cl)Cl)CCCC/C1=C\C=C(Cl)Cl. The van der Waals surface area contributed by atoms with Gasteiger partial charge in [0.25, 0.3) is 0 Å². The first-order chi connectivity index (χ1) is 8.50. The molecule has 1 aliphatic rings. The summed E-state index contributed by atoms with van der Waals surface area (Å²) in [4.78, 5) is 12.2. The highest BCUT2D eigenvalue weighted by atomic mass is 35.5. The highest BCUT2D eigenvalue weighted by Crippen LogP contribution is 2.25. The van der Waals surface area contributed by atoms with Crippen LogP contribution >= 0.6 is 46.4 Å². The quantitative estimate of drug-likeness (QED) is 0.475. The second-order valence-corrected chi connectivity index (χ2v) is 5.85. The Bertz CT molecular complexity index is 396. The summed E-state index contributed by atoms with van der Waals surface area (Å²) in [6.45, 7) is 0. The molecular weight excluding hydrogens is 314 g/mol. The number of hydrogen-bond acceptors (Lipinski definition) is 1. The van der Waals surface area contributed by atoms with Crippen molar-refractivity contribution in [3.63, 3.8) is 0 Å². The first-order valence-corrected chi connectivity index (χ1v) is 7.00. The molecule has 0 radical (unpaired) electrons. The van der Waals surface area contributed by atoms with Gasteiger partial charge in [0, 0.05) is 0 Å². The van der Waals surface area contributed by atoms with Gasteiger partial charge in [0.1, 0.15) is 8.98 Å². The van der Waals surface area contributed by atoms with Crippen molar-refractivity contribution in [2.75, 3.05) is 0 Å². The van der Waals surface area contributed by atoms with Gasteiger partial charge in [-0.15, -0.1) is 0 Å². The van der Waals surface area contributed by atoms with Crippen molar-refractivity contribution < 1.29 is 4.79 Å². The number of allylic oxidation sites excluding steroid dienone is 6. The summed E-state index contributed by atoms with van der Waals surface area (Å²) in [7, 11) is 0. The fourth-order valence-corrected chi connectivity index (χ4v) is 1.96. The third kappa shape index (κ3) is 5.62. The molecule has 18 heavy (non-hydrogen) atoms. The van der Waals surface area contributed by atoms with Gasteiger partial charge in [0.05, 0.1) is 0 Å². The molecule has 1 nitrogen and oxygen atoms in total. The molecule has 1 saturated carbocycles. The smallest absolute Gasteiger partial charge is 0.184 e. The zero-order valence-corrected chi connectivity index (χ0v) is 12.6. The van der Waals surface area contributed by atoms with Gasteiger partial charge in [0.2, 0.25) is 0 Å². The van der Waals surface area contributed by atoms with Crippen molar-refractivity contribution in [3.05, 3.63) is 44.4 Å². The van der Waals surface area contributed by atoms with E-state index in [0.29, 0.717) is 11.1 Å². The maximum Gasteiger partial charge on any atom is 0.184 e. The van der Waals surface area contributed by atoms with Crippen molar-refractivity contribution >= 4 is 52.2 Å². The number of halogens is 4. The zero-order chi connectivity index (χ0) is 13.5. The van der Waals surface area contributed by atoms with E-state index in [-0.39, 0.29) is 14.8 Å². The number of carbonyl (C=O) groups is 1. The summed E-state index contributed by atoms with van der Waals surface area (Å²) in [5.74, 6) is 0.00386. The predicted octanol–water partition coefficient (Wildman–Crippen LogP) is 5.62. The van der Waals surface area contributed by atoms with Crippen LogP contribution in [-0.2, 0) is 4.79 Å². The van der Waals surface area contributed by atoms with Gasteiger partial charge in [-0.05, 0) is 49.0 Å². The molecule has 1 fully saturated rings. The maximum atomic E-state index is 12.2. The van der Waals surface area contributed by atoms with Crippen LogP contribution in [0.2, 0.25) is 0 Å². The van der Waals surface area contributed by atoms with E-state index in [0.717, 1.165) is 25.7 Å². The van der Waals surface area contributed by atoms with Crippen LogP contribution in [0.15, 0.2) is 44.4 Å². The van der Waals surface area contributed by atoms with Gasteiger partial charge in [-0.2, -0.15) is 0 Å². The minimum absolute atomic E-state index is 0.00386. The van der Waals surface area contributed by atoms with Gasteiger partial charge >= 0.3 is 0 Å². The number of hydrogen-bond donors (Lipinski definition) is 0. The normalized spacial score (nSPS) is 20.8. The molecule has 0 heterocycles. The van der Waals surface area contributed by atoms with Gasteiger partial charge in [0.15, 0.2) is 5.78 Å². The van der Waals surface area contributed by atoms with E-state index in [2.05, 4.69) is 0 Å². The standard InChI is InChI=1S/C13H12Cl4O/c14-11(15)7-5-9-3-1-2-4-10(13(9)18)6-8-12(16)17/h5-8H,1-4H2/b9-5+,10-6+. The van der Waals surface area contributed by atoms with Crippen LogP contribution in [0, 0.1) is 0 Å². The molecule has 0 amide bonds. The molecule has 0 atom stereocenters. The second kappa shape index (κ2) is 8.06. The van der Waals surface area contributed by atoms with Crippen LogP contribution in [0.4, 0.5) is 0 Å². The summed E-state index contributed by atoms with van der Waals surface area (Å²) in [5, 5.41) is 0. The molecule has 98 valence electrons. The van der Waals surface area contributed by atoms with Gasteiger partial charge in [-0.3, -0.25) is 4.79 Å². The summed E-state index contributed by atoms with van der Waals surface area (Å²) < 4.78 is 0.266. The summed E-state index contributed by atoms with van der Waals surface area (Å²) in [5.41, 5.74) is 1.41. The van der Waals surface area contributed by atoms with E-state index in [1.54, 1.807) is 12.2 Å². The van der Waals surface area contributed by atoms with Crippen LogP contribution in [-0.4, -0.2) is 5.78 Å². The molecule has 0 unspecified atom stereocenters. The monoisotopic (exact) mass is 324 g/mol. The Kier molecular flexibility index (Phi) is 7.10. The van der Waals surface area contributed by atoms with Crippen LogP contribution < -0.4 is 0 Å². The Morgan fingerprint density at radius 2 is 1.22 bits per heavy atom. The Labute approximate surface area is 127 Å². The van der Waals surface area contributed by atoms with E-state index in [1.165, 1.54) is 12.2 Å². The fourth-order valence-electron chi connectivity index (χ4n) is 1.71. The third-order valence-electron chi connectivity index (χ3n) is 2.55. The van der Waals surface area contributed by atoms with Crippen molar-refractivity contribution in [1.29, 1.82) is 0 Å². The van der Waals surface area contributed by atoms with Crippen LogP contribution in [0.3, 0.4) is 0 Å². The first-order valence-electron chi connectivity index (χ1n) is 5.49. The summed E-state index contributed by atoms with van der Waals surface area (Å²) in [6.07, 6.45) is 9.75. The van der Waals surface area contributed by atoms with Crippen LogP contribution in [0.1, 0.15) is 25.7 Å². The molecule has 0 bridgehead atoms. The van der Waals surface area contributed by atoms with E-state index < -0.39 is 0 Å². The Morgan fingerprint density at radius 1 is 0.833 bits per heavy atom. The molecule has 1 rings (SSSR count). The molecule has 0 saturated heterocycles. The number of Topliss-reactive ketones (excluding diaryl/α,β-unsaturated/α-hetero) is 1. The lowest BCUT2D eigenvalue weighted by molar-refractivity contribution is -0.112. The Morgan fingerprint density at radius 3 is 1.56 bits per heavy atom. The fraction of sp³-hybridized carbons (Fsp3) is 0.308. The highest BCUT2D eigenvalue weighted by Gasteiger charge is 2.17. The lowest BCUT2D eigenvalue weighted by atomic mass is 10.0. The molecule has 0 aliphatic heterocycles. The van der Waals surface area contributed by atoms with Crippen LogP contribution in [0.25, 0.3) is 0 Å². The highest BCUT2D eigenvalue weighted by molar-refractivity contribution is 6.56. The molecule has 1 aliphatic carbocycles. The molecule has 0 aromatic heterocycles. The molecular formula is C13H12Cl4O. The van der Waals surface area contributed by atoms with Gasteiger partial charge < -0.3 is 0 Å². The Hall–Kier alpha value is -0.210. The molecule has 0 N–H and O–H groups in total. The third-order valence-corrected chi connectivity index (χ3v) is 3.05. The van der Waals surface area contributed by atoms with Crippen molar-refractivity contribution in [1.82, 2.24) is 0 Å². The van der Waals surface area contributed by atoms with Crippen molar-refractivity contribution in [2.24, 2.45) is 0 Å². The zero-order valence-electron chi connectivity index (χ0n) is 9.56. The topological polar surface area (TPSA) is 17.1 Å². The number of rotatable bonds is 2. The molecule has 5 heteroatoms. The average Bonchev–Trinajstić information content (AvgIpc) is 2.46. The average molecular weight is 326 g/mol. The minimum atomic E-state index is 0.00386. The van der Waals surface area contributed by atoms with E-state index >= 15 is 0 Å². The molecule has 0 spiro atoms. The van der Waals surface area contributed by atoms with Crippen molar-refractivity contribution in [2.45, 2.75) is 25.7 Å². The summed E-state index contributed by atoms with van der Waals surface area (Å²) in [6, 6.07) is 0. The van der Waals surface area contributed by atoms with Gasteiger partial charge in [-0.25, -0.2) is 0 Å². The van der Waals surface area contributed by atoms with E-state index in [1.807, 2.05) is 0 Å². The Balaban J connectivity index is 2.99. The van der Waals surface area contributed by atoms with E-state index in [4.69, 9.17) is 46.4 Å². The number of carbonyl (C=O) groups excluding carboxylic acids is 1. The minimum Gasteiger partial charge on any atom is -0.289 e. The van der Waals surface area contributed by atoms with Crippen molar-refractivity contribution in [3.8, 4) is 0 Å². The van der Waals surface area contributed by atoms with Gasteiger partial charge in [-0.1, -0.05) is 58.6 Å². The largest absolute Gasteiger partial charge is 0.289 e. The molecule has 0 aromatic rings. The lowest BCUT2D eigenvalue weighted by Crippen LogP contribution is -2.03. The lowest BCUT2D eigenvalue weighted by Gasteiger charge is -2.02. The summed E-state index contributed by atoms with van der Waals surface area (Å²) >= 11 is 22.1. The number of ketones is 1. The predicted molar refractivity (Wildman–Crippen MR) is 79.2 cm³/mol. The van der Waals surface area contributed by atoms with Crippen LogP contribution in [0.5, 0.6) is 0 Å². The van der Waals surface area contributed by atoms with E-state index in [9.17, 15) is 4.79 Å². The first kappa shape index (κ1) is 15.8. The maximum absolute atomic E-state index is 12.2.